The van der Waals surface area contributed by atoms with Gasteiger partial charge in [0, 0.05) is 43.8 Å². The molecule has 27 heavy (non-hydrogen) atoms. The summed E-state index contributed by atoms with van der Waals surface area (Å²) in [4.78, 5) is 25.2. The van der Waals surface area contributed by atoms with Crippen molar-refractivity contribution in [3.63, 3.8) is 0 Å². The maximum Gasteiger partial charge on any atom is 0.243 e. The predicted molar refractivity (Wildman–Crippen MR) is 104 cm³/mol. The average Bonchev–Trinajstić information content (AvgIpc) is 3.07. The zero-order valence-electron chi connectivity index (χ0n) is 16.5. The van der Waals surface area contributed by atoms with Crippen molar-refractivity contribution in [2.24, 2.45) is 13.0 Å². The fourth-order valence-electron chi connectivity index (χ4n) is 3.88. The third-order valence-electron chi connectivity index (χ3n) is 5.44. The molecular weight excluding hydrogens is 342 g/mol. The molecule has 1 N–H and O–H groups in total. The topological polar surface area (TPSA) is 79.2 Å². The maximum atomic E-state index is 12.6. The highest BCUT2D eigenvalue weighted by molar-refractivity contribution is 5.92. The Morgan fingerprint density at radius 3 is 2.78 bits per heavy atom. The summed E-state index contributed by atoms with van der Waals surface area (Å²) < 4.78 is 1.86. The van der Waals surface area contributed by atoms with E-state index in [2.05, 4.69) is 43.4 Å². The highest BCUT2D eigenvalue weighted by Crippen LogP contribution is 2.35. The van der Waals surface area contributed by atoms with Gasteiger partial charge in [0.25, 0.3) is 0 Å². The highest BCUT2D eigenvalue weighted by atomic mass is 16.2. The van der Waals surface area contributed by atoms with E-state index in [1.54, 1.807) is 18.5 Å². The van der Waals surface area contributed by atoms with E-state index in [1.807, 2.05) is 31.9 Å². The minimum Gasteiger partial charge on any atom is -0.299 e. The van der Waals surface area contributed by atoms with Crippen molar-refractivity contribution in [1.82, 2.24) is 29.5 Å². The van der Waals surface area contributed by atoms with E-state index in [9.17, 15) is 4.79 Å². The molecule has 1 amide bonds. The number of aryl methyl sites for hydroxylation is 1. The van der Waals surface area contributed by atoms with E-state index < -0.39 is 0 Å². The summed E-state index contributed by atoms with van der Waals surface area (Å²) >= 11 is 0. The minimum absolute atomic E-state index is 0.0919. The second kappa shape index (κ2) is 8.58. The van der Waals surface area contributed by atoms with Crippen molar-refractivity contribution >= 4 is 11.9 Å². The lowest BCUT2D eigenvalue weighted by Crippen LogP contribution is -2.46. The summed E-state index contributed by atoms with van der Waals surface area (Å²) in [7, 11) is 6.13. The summed E-state index contributed by atoms with van der Waals surface area (Å²) in [5.74, 6) is 0.695. The molecule has 146 valence electrons. The van der Waals surface area contributed by atoms with Gasteiger partial charge in [0.05, 0.1) is 12.2 Å². The molecule has 2 aromatic heterocycles. The van der Waals surface area contributed by atoms with Gasteiger partial charge in [-0.3, -0.25) is 24.6 Å². The summed E-state index contributed by atoms with van der Waals surface area (Å²) in [6, 6.07) is 1.78. The maximum absolute atomic E-state index is 12.6. The normalized spacial score (nSPS) is 22.0. The van der Waals surface area contributed by atoms with Crippen LogP contribution in [0.25, 0.3) is 0 Å². The Bertz CT molecular complexity index is 748. The third kappa shape index (κ3) is 4.70. The molecule has 3 heterocycles. The number of likely N-dealkylation sites (N-methyl/N-ethyl adjacent to an activating group) is 1. The molecule has 0 aliphatic carbocycles. The lowest BCUT2D eigenvalue weighted by atomic mass is 9.85. The van der Waals surface area contributed by atoms with Crippen LogP contribution in [-0.4, -0.2) is 68.7 Å². The monoisotopic (exact) mass is 371 g/mol. The van der Waals surface area contributed by atoms with Crippen molar-refractivity contribution < 1.29 is 4.79 Å². The number of piperidine rings is 1. The van der Waals surface area contributed by atoms with E-state index in [0.717, 1.165) is 19.5 Å². The number of hydrogen-bond donors (Lipinski definition) is 1. The van der Waals surface area contributed by atoms with Crippen LogP contribution in [0.3, 0.4) is 0 Å². The van der Waals surface area contributed by atoms with Crippen molar-refractivity contribution in [1.29, 1.82) is 0 Å². The number of hydrogen-bond acceptors (Lipinski definition) is 6. The Hall–Kier alpha value is -2.32. The summed E-state index contributed by atoms with van der Waals surface area (Å²) in [6.07, 6.45) is 9.61. The molecule has 1 saturated heterocycles. The van der Waals surface area contributed by atoms with Crippen LogP contribution >= 0.6 is 0 Å². The standard InChI is InChI=1S/C19H29N7O/c1-14(18(27)23-19-20-8-6-9-21-19)25(3)12-15-7-5-10-24(2)17(15)16-11-22-26(4)13-16/h6,8-9,11,13-15,17H,5,7,10,12H2,1-4H3,(H,20,21,23,27)/t14?,15-,17+/m0/s1. The van der Waals surface area contributed by atoms with E-state index in [-0.39, 0.29) is 11.9 Å². The fraction of sp³-hybridized carbons (Fsp3) is 0.579. The van der Waals surface area contributed by atoms with E-state index in [1.165, 1.54) is 12.0 Å². The summed E-state index contributed by atoms with van der Waals surface area (Å²) in [5, 5.41) is 7.14. The first-order chi connectivity index (χ1) is 13.0. The molecule has 1 aliphatic rings. The number of nitrogens with one attached hydrogen (secondary N) is 1. The van der Waals surface area contributed by atoms with Crippen LogP contribution in [0, 0.1) is 5.92 Å². The number of carbonyl (C=O) groups excluding carboxylic acids is 1. The van der Waals surface area contributed by atoms with Crippen LogP contribution in [-0.2, 0) is 11.8 Å². The zero-order chi connectivity index (χ0) is 19.4. The van der Waals surface area contributed by atoms with Gasteiger partial charge in [-0.15, -0.1) is 0 Å². The first-order valence-electron chi connectivity index (χ1n) is 9.42. The number of nitrogens with zero attached hydrogens (tertiary/aromatic N) is 6. The number of anilines is 1. The Labute approximate surface area is 160 Å². The molecule has 1 fully saturated rings. The number of carbonyl (C=O) groups is 1. The summed E-state index contributed by atoms with van der Waals surface area (Å²) in [6.45, 7) is 3.85. The average molecular weight is 371 g/mol. The predicted octanol–water partition coefficient (Wildman–Crippen LogP) is 1.55. The quantitative estimate of drug-likeness (QED) is 0.830. The van der Waals surface area contributed by atoms with Crippen LogP contribution in [0.15, 0.2) is 30.9 Å². The second-order valence-electron chi connectivity index (χ2n) is 7.45. The van der Waals surface area contributed by atoms with Crippen LogP contribution in [0.4, 0.5) is 5.95 Å². The van der Waals surface area contributed by atoms with Crippen molar-refractivity contribution in [2.75, 3.05) is 32.5 Å². The number of rotatable bonds is 6. The molecule has 0 aromatic carbocycles. The van der Waals surface area contributed by atoms with Crippen LogP contribution in [0.2, 0.25) is 0 Å². The van der Waals surface area contributed by atoms with Gasteiger partial charge in [0.15, 0.2) is 0 Å². The van der Waals surface area contributed by atoms with Crippen LogP contribution < -0.4 is 5.32 Å². The Morgan fingerprint density at radius 2 is 2.11 bits per heavy atom. The molecular formula is C19H29N7O. The van der Waals surface area contributed by atoms with Gasteiger partial charge in [-0.25, -0.2) is 9.97 Å². The number of amides is 1. The van der Waals surface area contributed by atoms with Crippen LogP contribution in [0.5, 0.6) is 0 Å². The second-order valence-corrected chi connectivity index (χ2v) is 7.45. The first kappa shape index (κ1) is 19.4. The molecule has 1 unspecified atom stereocenters. The van der Waals surface area contributed by atoms with Crippen molar-refractivity contribution in [2.45, 2.75) is 31.8 Å². The van der Waals surface area contributed by atoms with Crippen molar-refractivity contribution in [3.8, 4) is 0 Å². The number of likely N-dealkylation sites (tertiary alicyclic amines) is 1. The molecule has 8 nitrogen and oxygen atoms in total. The fourth-order valence-corrected chi connectivity index (χ4v) is 3.88. The minimum atomic E-state index is -0.268. The third-order valence-corrected chi connectivity index (χ3v) is 5.44. The Morgan fingerprint density at radius 1 is 1.37 bits per heavy atom. The molecule has 0 saturated carbocycles. The van der Waals surface area contributed by atoms with Gasteiger partial charge >= 0.3 is 0 Å². The van der Waals surface area contributed by atoms with Gasteiger partial charge in [-0.1, -0.05) is 0 Å². The lowest BCUT2D eigenvalue weighted by Gasteiger charge is -2.41. The molecule has 3 atom stereocenters. The molecule has 0 radical (unpaired) electrons. The molecule has 3 rings (SSSR count). The van der Waals surface area contributed by atoms with Gasteiger partial charge in [0.2, 0.25) is 11.9 Å². The Balaban J connectivity index is 1.65. The molecule has 0 spiro atoms. The number of aromatic nitrogens is 4. The van der Waals surface area contributed by atoms with Gasteiger partial charge in [-0.2, -0.15) is 5.10 Å². The van der Waals surface area contributed by atoms with Gasteiger partial charge < -0.3 is 0 Å². The molecule has 8 heteroatoms. The molecule has 0 bridgehead atoms. The van der Waals surface area contributed by atoms with Crippen LogP contribution in [0.1, 0.15) is 31.4 Å². The summed E-state index contributed by atoms with van der Waals surface area (Å²) in [5.41, 5.74) is 1.24. The first-order valence-corrected chi connectivity index (χ1v) is 9.42. The van der Waals surface area contributed by atoms with E-state index in [4.69, 9.17) is 0 Å². The zero-order valence-corrected chi connectivity index (χ0v) is 16.5. The van der Waals surface area contributed by atoms with Gasteiger partial charge in [0.1, 0.15) is 0 Å². The van der Waals surface area contributed by atoms with Crippen molar-refractivity contribution in [3.05, 3.63) is 36.4 Å². The van der Waals surface area contributed by atoms with E-state index >= 15 is 0 Å². The van der Waals surface area contributed by atoms with Gasteiger partial charge in [-0.05, 0) is 52.4 Å². The smallest absolute Gasteiger partial charge is 0.243 e. The molecule has 1 aliphatic heterocycles. The molecule has 2 aromatic rings. The lowest BCUT2D eigenvalue weighted by molar-refractivity contribution is -0.120. The largest absolute Gasteiger partial charge is 0.299 e. The van der Waals surface area contributed by atoms with E-state index in [0.29, 0.717) is 17.9 Å². The Kier molecular flexibility index (Phi) is 6.18. The SMILES string of the molecule is CC(C(=O)Nc1ncccn1)N(C)C[C@@H]1CCCN(C)[C@H]1c1cnn(C)c1. The highest BCUT2D eigenvalue weighted by Gasteiger charge is 2.33.